The quantitative estimate of drug-likeness (QED) is 0.496. The van der Waals surface area contributed by atoms with E-state index >= 15 is 4.39 Å². The largest absolute Gasteiger partial charge is 0.484 e. The Hall–Kier alpha value is -2.68. The van der Waals surface area contributed by atoms with Gasteiger partial charge in [0.2, 0.25) is 11.8 Å². The van der Waals surface area contributed by atoms with E-state index in [9.17, 15) is 9.59 Å². The molecule has 2 aromatic rings. The summed E-state index contributed by atoms with van der Waals surface area (Å²) in [5.74, 6) is 0.0319. The Morgan fingerprint density at radius 3 is 2.80 bits per heavy atom. The van der Waals surface area contributed by atoms with Crippen LogP contribution in [0.15, 0.2) is 6.07 Å². The molecule has 0 N–H and O–H groups in total. The van der Waals surface area contributed by atoms with Crippen LogP contribution in [0.4, 0.5) is 4.39 Å². The van der Waals surface area contributed by atoms with Gasteiger partial charge in [0.25, 0.3) is 0 Å². The van der Waals surface area contributed by atoms with Gasteiger partial charge in [-0.25, -0.2) is 9.07 Å². The van der Waals surface area contributed by atoms with E-state index in [1.807, 2.05) is 14.5 Å². The molecule has 3 aliphatic heterocycles. The summed E-state index contributed by atoms with van der Waals surface area (Å²) in [5.41, 5.74) is 3.25. The number of benzene rings is 1. The van der Waals surface area contributed by atoms with Crippen LogP contribution in [-0.4, -0.2) is 56.2 Å². The van der Waals surface area contributed by atoms with Gasteiger partial charge in [0, 0.05) is 49.1 Å². The zero-order valence-electron chi connectivity index (χ0n) is 23.1. The minimum atomic E-state index is -0.552. The molecule has 1 saturated heterocycles. The zero-order chi connectivity index (χ0) is 27.6. The molecule has 2 saturated carbocycles. The Bertz CT molecular complexity index is 1360. The first kappa shape index (κ1) is 26.2. The minimum absolute atomic E-state index is 0.0607. The number of aryl methyl sites for hydroxylation is 1. The number of ether oxygens (including phenoxy) is 1. The molecule has 3 atom stereocenters. The number of aromatic nitrogens is 3. The van der Waals surface area contributed by atoms with E-state index in [1.165, 1.54) is 6.07 Å². The Morgan fingerprint density at radius 2 is 2.02 bits per heavy atom. The summed E-state index contributed by atoms with van der Waals surface area (Å²) < 4.78 is 23.9. The van der Waals surface area contributed by atoms with E-state index < -0.39 is 11.9 Å². The fourth-order valence-electron chi connectivity index (χ4n) is 7.64. The highest BCUT2D eigenvalue weighted by Gasteiger charge is 2.52. The minimum Gasteiger partial charge on any atom is -0.484 e. The van der Waals surface area contributed by atoms with Crippen LogP contribution >= 0.6 is 11.6 Å². The second-order valence-corrected chi connectivity index (χ2v) is 13.2. The van der Waals surface area contributed by atoms with Gasteiger partial charge in [0.1, 0.15) is 12.3 Å². The van der Waals surface area contributed by atoms with Gasteiger partial charge in [0.05, 0.1) is 11.7 Å². The maximum Gasteiger partial charge on any atom is 0.226 e. The van der Waals surface area contributed by atoms with E-state index in [2.05, 4.69) is 17.2 Å². The number of carbonyl (C=O) groups is 2. The van der Waals surface area contributed by atoms with Crippen LogP contribution in [0.3, 0.4) is 0 Å². The number of rotatable bonds is 6. The van der Waals surface area contributed by atoms with Crippen LogP contribution < -0.4 is 4.74 Å². The van der Waals surface area contributed by atoms with E-state index in [0.717, 1.165) is 69.2 Å². The van der Waals surface area contributed by atoms with Gasteiger partial charge in [-0.3, -0.25) is 9.59 Å². The van der Waals surface area contributed by atoms with Crippen molar-refractivity contribution in [3.05, 3.63) is 39.4 Å². The molecule has 5 aliphatic rings. The van der Waals surface area contributed by atoms with Gasteiger partial charge < -0.3 is 14.5 Å². The molecule has 10 heteroatoms. The third kappa shape index (κ3) is 4.48. The normalized spacial score (nSPS) is 26.8. The Kier molecular flexibility index (Phi) is 6.56. The zero-order valence-corrected chi connectivity index (χ0v) is 23.9. The van der Waals surface area contributed by atoms with Crippen LogP contribution in [0.2, 0.25) is 5.02 Å². The number of fused-ring (bicyclic) bond motifs is 2. The molecule has 40 heavy (non-hydrogen) atoms. The van der Waals surface area contributed by atoms with Crippen molar-refractivity contribution < 1.29 is 18.7 Å². The molecule has 1 aromatic carbocycles. The van der Waals surface area contributed by atoms with Gasteiger partial charge in [-0.05, 0) is 67.9 Å². The summed E-state index contributed by atoms with van der Waals surface area (Å²) >= 11 is 6.66. The lowest BCUT2D eigenvalue weighted by Crippen LogP contribution is -2.49. The van der Waals surface area contributed by atoms with Crippen molar-refractivity contribution in [2.75, 3.05) is 19.6 Å². The van der Waals surface area contributed by atoms with Crippen molar-refractivity contribution in [2.45, 2.75) is 90.3 Å². The highest BCUT2D eigenvalue weighted by atomic mass is 35.5. The Labute approximate surface area is 239 Å². The summed E-state index contributed by atoms with van der Waals surface area (Å²) in [5, 5.41) is 8.84. The molecule has 8 nitrogen and oxygen atoms in total. The SMILES string of the molecule is C[C@H]1CCCC[C@H]1C(=O)N1CCc2c(Cl)cc(F)c(OCc3nnn4c3CCC4)c2[C@H]1CN1CC2(CC2)CC1=O. The third-order valence-corrected chi connectivity index (χ3v) is 10.5. The molecule has 2 amide bonds. The van der Waals surface area contributed by atoms with Gasteiger partial charge in [-0.2, -0.15) is 0 Å². The first-order valence-corrected chi connectivity index (χ1v) is 15.3. The average molecular weight is 570 g/mol. The molecule has 7 rings (SSSR count). The predicted molar refractivity (Wildman–Crippen MR) is 146 cm³/mol. The smallest absolute Gasteiger partial charge is 0.226 e. The maximum absolute atomic E-state index is 15.7. The summed E-state index contributed by atoms with van der Waals surface area (Å²) in [6.07, 6.45) is 9.19. The number of amides is 2. The molecule has 4 heterocycles. The summed E-state index contributed by atoms with van der Waals surface area (Å²) in [6.45, 7) is 4.61. The molecule has 0 unspecified atom stereocenters. The lowest BCUT2D eigenvalue weighted by atomic mass is 9.78. The monoisotopic (exact) mass is 569 g/mol. The highest BCUT2D eigenvalue weighted by molar-refractivity contribution is 6.31. The van der Waals surface area contributed by atoms with Crippen LogP contribution in [0, 0.1) is 23.1 Å². The molecule has 0 bridgehead atoms. The van der Waals surface area contributed by atoms with Crippen LogP contribution in [-0.2, 0) is 35.6 Å². The van der Waals surface area contributed by atoms with Crippen molar-refractivity contribution in [3.63, 3.8) is 0 Å². The second kappa shape index (κ2) is 10.00. The Morgan fingerprint density at radius 1 is 1.20 bits per heavy atom. The van der Waals surface area contributed by atoms with Crippen molar-refractivity contribution >= 4 is 23.4 Å². The summed E-state index contributed by atoms with van der Waals surface area (Å²) in [6, 6.07) is 0.807. The molecule has 1 spiro atoms. The molecule has 1 aromatic heterocycles. The molecule has 3 fully saturated rings. The van der Waals surface area contributed by atoms with Crippen molar-refractivity contribution in [1.29, 1.82) is 0 Å². The Balaban J connectivity index is 1.26. The van der Waals surface area contributed by atoms with Crippen LogP contribution in [0.5, 0.6) is 5.75 Å². The van der Waals surface area contributed by atoms with Gasteiger partial charge in [0.15, 0.2) is 11.6 Å². The first-order chi connectivity index (χ1) is 19.3. The first-order valence-electron chi connectivity index (χ1n) is 15.0. The molecule has 0 radical (unpaired) electrons. The van der Waals surface area contributed by atoms with Crippen LogP contribution in [0.1, 0.15) is 86.8 Å². The average Bonchev–Trinajstić information content (AvgIpc) is 3.22. The molecular formula is C30H37ClFN5O3. The lowest BCUT2D eigenvalue weighted by molar-refractivity contribution is -0.143. The topological polar surface area (TPSA) is 80.6 Å². The van der Waals surface area contributed by atoms with E-state index in [0.29, 0.717) is 54.7 Å². The highest BCUT2D eigenvalue weighted by Crippen LogP contribution is 2.54. The van der Waals surface area contributed by atoms with Gasteiger partial charge in [-0.15, -0.1) is 5.10 Å². The molecule has 2 aliphatic carbocycles. The number of halogens is 2. The fourth-order valence-corrected chi connectivity index (χ4v) is 7.94. The van der Waals surface area contributed by atoms with E-state index in [4.69, 9.17) is 16.3 Å². The number of nitrogens with zero attached hydrogens (tertiary/aromatic N) is 5. The van der Waals surface area contributed by atoms with Crippen LogP contribution in [0.25, 0.3) is 0 Å². The fraction of sp³-hybridized carbons (Fsp3) is 0.667. The molecule has 214 valence electrons. The van der Waals surface area contributed by atoms with Gasteiger partial charge in [-0.1, -0.05) is 36.6 Å². The maximum atomic E-state index is 15.7. The predicted octanol–water partition coefficient (Wildman–Crippen LogP) is 4.86. The summed E-state index contributed by atoms with van der Waals surface area (Å²) in [7, 11) is 0. The van der Waals surface area contributed by atoms with E-state index in [-0.39, 0.29) is 35.5 Å². The van der Waals surface area contributed by atoms with E-state index in [1.54, 1.807) is 0 Å². The molecular weight excluding hydrogens is 533 g/mol. The summed E-state index contributed by atoms with van der Waals surface area (Å²) in [4.78, 5) is 31.1. The van der Waals surface area contributed by atoms with Gasteiger partial charge >= 0.3 is 0 Å². The number of likely N-dealkylation sites (tertiary alicyclic amines) is 1. The van der Waals surface area contributed by atoms with Crippen molar-refractivity contribution in [3.8, 4) is 5.75 Å². The van der Waals surface area contributed by atoms with Crippen molar-refractivity contribution in [1.82, 2.24) is 24.8 Å². The number of hydrogen-bond acceptors (Lipinski definition) is 5. The van der Waals surface area contributed by atoms with Crippen molar-refractivity contribution in [2.24, 2.45) is 17.3 Å². The second-order valence-electron chi connectivity index (χ2n) is 12.8. The standard InChI is InChI=1S/C30H37ClFN5O3/c1-18-5-2-3-6-19(18)29(39)36-12-8-20-21(31)13-22(32)28(40-16-23-24-7-4-11-37(24)34-33-23)27(20)25(36)15-35-17-30(9-10-30)14-26(35)38/h13,18-19,25H,2-12,14-17H2,1H3/t18-,19+,25+/m0/s1. The number of carbonyl (C=O) groups excluding carboxylic acids is 2. The lowest BCUT2D eigenvalue weighted by Gasteiger charge is -2.43. The number of hydrogen-bond donors (Lipinski definition) is 0. The third-order valence-electron chi connectivity index (χ3n) is 10.2.